The summed E-state index contributed by atoms with van der Waals surface area (Å²) in [7, 11) is 6.53. The Labute approximate surface area is 155 Å². The van der Waals surface area contributed by atoms with Crippen LogP contribution in [0.15, 0.2) is 18.2 Å². The van der Waals surface area contributed by atoms with Gasteiger partial charge in [-0.3, -0.25) is 4.90 Å². The van der Waals surface area contributed by atoms with Crippen LogP contribution in [0, 0.1) is 0 Å². The van der Waals surface area contributed by atoms with Gasteiger partial charge >= 0.3 is 0 Å². The number of hydrogen-bond donors (Lipinski definition) is 0. The van der Waals surface area contributed by atoms with Gasteiger partial charge in [-0.05, 0) is 96.3 Å². The average molecular weight is 344 g/mol. The molecule has 1 saturated carbocycles. The lowest BCUT2D eigenvalue weighted by atomic mass is 9.92. The Morgan fingerprint density at radius 3 is 2.32 bits per heavy atom. The van der Waals surface area contributed by atoms with Crippen molar-refractivity contribution in [2.75, 3.05) is 45.7 Å². The van der Waals surface area contributed by atoms with Crippen molar-refractivity contribution in [2.24, 2.45) is 0 Å². The van der Waals surface area contributed by atoms with E-state index in [1.54, 1.807) is 11.1 Å². The molecular weight excluding hydrogens is 306 g/mol. The Kier molecular flexibility index (Phi) is 5.45. The highest BCUT2D eigenvalue weighted by molar-refractivity contribution is 5.53. The van der Waals surface area contributed by atoms with Gasteiger partial charge < -0.3 is 9.80 Å². The van der Waals surface area contributed by atoms with Gasteiger partial charge in [0, 0.05) is 37.4 Å². The van der Waals surface area contributed by atoms with Crippen LogP contribution in [0.25, 0.3) is 0 Å². The van der Waals surface area contributed by atoms with Crippen LogP contribution in [0.3, 0.4) is 0 Å². The molecule has 3 nitrogen and oxygen atoms in total. The van der Waals surface area contributed by atoms with E-state index >= 15 is 0 Å². The minimum absolute atomic E-state index is 0.245. The van der Waals surface area contributed by atoms with Crippen LogP contribution in [-0.4, -0.2) is 56.1 Å². The first-order chi connectivity index (χ1) is 11.8. The molecule has 1 heterocycles. The lowest BCUT2D eigenvalue weighted by Gasteiger charge is -2.38. The van der Waals surface area contributed by atoms with Gasteiger partial charge in [0.1, 0.15) is 0 Å². The van der Waals surface area contributed by atoms with E-state index in [4.69, 9.17) is 0 Å². The Hall–Kier alpha value is -1.06. The smallest absolute Gasteiger partial charge is 0.0367 e. The molecule has 2 aliphatic rings. The monoisotopic (exact) mass is 343 g/mol. The fraction of sp³-hybridized carbons (Fsp3) is 0.727. The van der Waals surface area contributed by atoms with E-state index in [1.807, 2.05) is 0 Å². The highest BCUT2D eigenvalue weighted by Gasteiger charge is 2.37. The van der Waals surface area contributed by atoms with E-state index in [-0.39, 0.29) is 5.54 Å². The number of likely N-dealkylation sites (N-methyl/N-ethyl adjacent to an activating group) is 2. The van der Waals surface area contributed by atoms with Crippen molar-refractivity contribution < 1.29 is 0 Å². The topological polar surface area (TPSA) is 9.72 Å². The van der Waals surface area contributed by atoms with Gasteiger partial charge in [0.15, 0.2) is 0 Å². The van der Waals surface area contributed by atoms with Crippen LogP contribution in [0.5, 0.6) is 0 Å². The molecule has 1 atom stereocenters. The van der Waals surface area contributed by atoms with Crippen LogP contribution >= 0.6 is 0 Å². The standard InChI is InChI=1S/C22H37N3/c1-22(2,3)25-13-7-8-21(25)20-16-18(24(6)15-14-23(4)5)11-12-19(20)17-9-10-17/h11-12,16-17,21H,7-10,13-15H2,1-6H3. The molecule has 0 amide bonds. The number of benzene rings is 1. The minimum Gasteiger partial charge on any atom is -0.373 e. The maximum Gasteiger partial charge on any atom is 0.0367 e. The van der Waals surface area contributed by atoms with Crippen molar-refractivity contribution in [1.29, 1.82) is 0 Å². The van der Waals surface area contributed by atoms with Gasteiger partial charge in [0.05, 0.1) is 0 Å². The Morgan fingerprint density at radius 2 is 1.72 bits per heavy atom. The summed E-state index contributed by atoms with van der Waals surface area (Å²) in [6.45, 7) is 10.5. The van der Waals surface area contributed by atoms with Gasteiger partial charge in [-0.1, -0.05) is 6.07 Å². The van der Waals surface area contributed by atoms with Crippen molar-refractivity contribution in [3.63, 3.8) is 0 Å². The minimum atomic E-state index is 0.245. The average Bonchev–Trinajstić information content (AvgIpc) is 3.26. The van der Waals surface area contributed by atoms with E-state index in [0.29, 0.717) is 6.04 Å². The number of rotatable bonds is 6. The molecule has 0 N–H and O–H groups in total. The van der Waals surface area contributed by atoms with Gasteiger partial charge in [0.25, 0.3) is 0 Å². The normalized spacial score (nSPS) is 22.0. The third kappa shape index (κ3) is 4.38. The van der Waals surface area contributed by atoms with Crippen LogP contribution in [-0.2, 0) is 0 Å². The lowest BCUT2D eigenvalue weighted by molar-refractivity contribution is 0.121. The summed E-state index contributed by atoms with van der Waals surface area (Å²) in [6.07, 6.45) is 5.39. The molecular formula is C22H37N3. The van der Waals surface area contributed by atoms with Crippen LogP contribution in [0.4, 0.5) is 5.69 Å². The summed E-state index contributed by atoms with van der Waals surface area (Å²) in [6, 6.07) is 7.90. The quantitative estimate of drug-likeness (QED) is 0.753. The lowest BCUT2D eigenvalue weighted by Crippen LogP contribution is -2.41. The molecule has 3 heteroatoms. The molecule has 0 bridgehead atoms. The Morgan fingerprint density at radius 1 is 1.00 bits per heavy atom. The van der Waals surface area contributed by atoms with Gasteiger partial charge in [-0.2, -0.15) is 0 Å². The second kappa shape index (κ2) is 7.28. The highest BCUT2D eigenvalue weighted by Crippen LogP contribution is 2.47. The molecule has 1 saturated heterocycles. The van der Waals surface area contributed by atoms with Gasteiger partial charge in [-0.15, -0.1) is 0 Å². The second-order valence-corrected chi connectivity index (χ2v) is 9.33. The zero-order valence-electron chi connectivity index (χ0n) is 17.2. The maximum absolute atomic E-state index is 2.73. The first-order valence-corrected chi connectivity index (χ1v) is 10.0. The molecule has 25 heavy (non-hydrogen) atoms. The highest BCUT2D eigenvalue weighted by atomic mass is 15.2. The summed E-state index contributed by atoms with van der Waals surface area (Å²) in [5, 5.41) is 0. The van der Waals surface area contributed by atoms with E-state index in [0.717, 1.165) is 19.0 Å². The molecule has 2 fully saturated rings. The first kappa shape index (κ1) is 18.7. The molecule has 0 radical (unpaired) electrons. The summed E-state index contributed by atoms with van der Waals surface area (Å²) in [4.78, 5) is 7.41. The van der Waals surface area contributed by atoms with Crippen molar-refractivity contribution in [3.05, 3.63) is 29.3 Å². The molecule has 1 aliphatic heterocycles. The number of nitrogens with zero attached hydrogens (tertiary/aromatic N) is 3. The van der Waals surface area contributed by atoms with Crippen LogP contribution < -0.4 is 4.90 Å². The fourth-order valence-corrected chi connectivity index (χ4v) is 4.23. The molecule has 3 rings (SSSR count). The third-order valence-electron chi connectivity index (χ3n) is 5.88. The molecule has 1 aromatic carbocycles. The van der Waals surface area contributed by atoms with E-state index in [1.165, 1.54) is 37.9 Å². The van der Waals surface area contributed by atoms with Crippen LogP contribution in [0.2, 0.25) is 0 Å². The zero-order chi connectivity index (χ0) is 18.2. The van der Waals surface area contributed by atoms with Crippen molar-refractivity contribution in [2.45, 2.75) is 64.0 Å². The van der Waals surface area contributed by atoms with E-state index < -0.39 is 0 Å². The first-order valence-electron chi connectivity index (χ1n) is 10.0. The molecule has 0 aromatic heterocycles. The van der Waals surface area contributed by atoms with Crippen LogP contribution in [0.1, 0.15) is 69.5 Å². The summed E-state index contributed by atoms with van der Waals surface area (Å²) < 4.78 is 0. The molecule has 0 spiro atoms. The predicted molar refractivity (Wildman–Crippen MR) is 109 cm³/mol. The maximum atomic E-state index is 2.73. The predicted octanol–water partition coefficient (Wildman–Crippen LogP) is 4.50. The molecule has 140 valence electrons. The van der Waals surface area contributed by atoms with Crippen molar-refractivity contribution >= 4 is 5.69 Å². The molecule has 1 aliphatic carbocycles. The zero-order valence-corrected chi connectivity index (χ0v) is 17.2. The number of likely N-dealkylation sites (tertiary alicyclic amines) is 1. The van der Waals surface area contributed by atoms with Gasteiger partial charge in [-0.25, -0.2) is 0 Å². The summed E-state index contributed by atoms with van der Waals surface area (Å²) in [5.74, 6) is 0.818. The number of anilines is 1. The Bertz CT molecular complexity index is 583. The van der Waals surface area contributed by atoms with E-state index in [9.17, 15) is 0 Å². The van der Waals surface area contributed by atoms with Gasteiger partial charge in [0.2, 0.25) is 0 Å². The van der Waals surface area contributed by atoms with E-state index in [2.05, 4.69) is 74.8 Å². The van der Waals surface area contributed by atoms with Crippen molar-refractivity contribution in [1.82, 2.24) is 9.80 Å². The molecule has 1 unspecified atom stereocenters. The third-order valence-corrected chi connectivity index (χ3v) is 5.88. The SMILES string of the molecule is CN(C)CCN(C)c1ccc(C2CC2)c(C2CCCN2C(C)(C)C)c1. The Balaban J connectivity index is 1.89. The van der Waals surface area contributed by atoms with Crippen molar-refractivity contribution in [3.8, 4) is 0 Å². The summed E-state index contributed by atoms with van der Waals surface area (Å²) >= 11 is 0. The fourth-order valence-electron chi connectivity index (χ4n) is 4.23. The molecule has 1 aromatic rings. The number of hydrogen-bond acceptors (Lipinski definition) is 3. The second-order valence-electron chi connectivity index (χ2n) is 9.33. The largest absolute Gasteiger partial charge is 0.373 e. The summed E-state index contributed by atoms with van der Waals surface area (Å²) in [5.41, 5.74) is 4.87.